The van der Waals surface area contributed by atoms with Gasteiger partial charge in [-0.15, -0.1) is 5.10 Å². The van der Waals surface area contributed by atoms with E-state index in [1.165, 1.54) is 4.68 Å². The highest BCUT2D eigenvalue weighted by Gasteiger charge is 2.01. The number of thiocarbonyl (C=S) groups is 1. The topological polar surface area (TPSA) is 63.8 Å². The maximum Gasteiger partial charge on any atom is 0.156 e. The number of aliphatic hydroxyl groups is 1. The van der Waals surface area contributed by atoms with Gasteiger partial charge in [-0.25, -0.2) is 4.68 Å². The van der Waals surface area contributed by atoms with E-state index in [1.807, 2.05) is 0 Å². The third-order valence-corrected chi connectivity index (χ3v) is 1.29. The fourth-order valence-electron chi connectivity index (χ4n) is 0.683. The summed E-state index contributed by atoms with van der Waals surface area (Å²) in [6, 6.07) is 0. The first-order valence-corrected chi connectivity index (χ1v) is 3.50. The Morgan fingerprint density at radius 2 is 2.45 bits per heavy atom. The van der Waals surface area contributed by atoms with E-state index in [-0.39, 0.29) is 6.61 Å². The first-order chi connectivity index (χ1) is 5.38. The summed E-state index contributed by atoms with van der Waals surface area (Å²) in [5.74, 6) is 0.633. The van der Waals surface area contributed by atoms with Gasteiger partial charge in [0.1, 0.15) is 0 Å². The highest BCUT2D eigenvalue weighted by Crippen LogP contribution is 1.90. The van der Waals surface area contributed by atoms with Crippen molar-refractivity contribution in [3.8, 4) is 0 Å². The van der Waals surface area contributed by atoms with Crippen molar-refractivity contribution in [3.05, 3.63) is 5.82 Å². The molecule has 0 amide bonds. The number of nitrogens with zero attached hydrogens (tertiary/aromatic N) is 4. The minimum atomic E-state index is 0.0233. The average molecular weight is 171 g/mol. The van der Waals surface area contributed by atoms with Gasteiger partial charge in [-0.1, -0.05) is 12.2 Å². The van der Waals surface area contributed by atoms with Crippen LogP contribution in [-0.2, 0) is 13.0 Å². The van der Waals surface area contributed by atoms with Crippen LogP contribution in [0.25, 0.3) is 0 Å². The Kier molecular flexibility index (Phi) is 3.06. The van der Waals surface area contributed by atoms with Gasteiger partial charge in [-0.05, 0) is 10.4 Å². The van der Waals surface area contributed by atoms with E-state index < -0.39 is 0 Å². The predicted octanol–water partition coefficient (Wildman–Crippen LogP) is -0.915. The van der Waals surface area contributed by atoms with Gasteiger partial charge in [0.2, 0.25) is 0 Å². The molecule has 0 fully saturated rings. The first kappa shape index (κ1) is 8.22. The number of tetrazole rings is 1. The summed E-state index contributed by atoms with van der Waals surface area (Å²) in [6.07, 6.45) is 0.433. The summed E-state index contributed by atoms with van der Waals surface area (Å²) < 4.78 is 1.50. The Hall–Kier alpha value is -0.880. The van der Waals surface area contributed by atoms with Gasteiger partial charge in [0.15, 0.2) is 5.82 Å². The van der Waals surface area contributed by atoms with Gasteiger partial charge in [0, 0.05) is 11.8 Å². The summed E-state index contributed by atoms with van der Waals surface area (Å²) in [5.41, 5.74) is 0. The molecule has 1 aromatic heterocycles. The van der Waals surface area contributed by atoms with E-state index in [2.05, 4.69) is 33.1 Å². The second-order valence-electron chi connectivity index (χ2n) is 1.86. The Labute approximate surface area is 69.0 Å². The Morgan fingerprint density at radius 1 is 1.64 bits per heavy atom. The molecule has 6 heteroatoms. The molecular formula is C5H7N4OS. The van der Waals surface area contributed by atoms with Crippen LogP contribution < -0.4 is 0 Å². The summed E-state index contributed by atoms with van der Waals surface area (Å²) in [5, 5.41) is 21.8. The van der Waals surface area contributed by atoms with Crippen LogP contribution in [0, 0.1) is 0 Å². The number of aromatic nitrogens is 4. The lowest BCUT2D eigenvalue weighted by Crippen LogP contribution is -2.08. The minimum absolute atomic E-state index is 0.0233. The van der Waals surface area contributed by atoms with Crippen molar-refractivity contribution in [3.63, 3.8) is 0 Å². The van der Waals surface area contributed by atoms with Crippen LogP contribution in [-0.4, -0.2) is 37.3 Å². The lowest BCUT2D eigenvalue weighted by Gasteiger charge is -1.96. The molecule has 1 aromatic rings. The van der Waals surface area contributed by atoms with Crippen LogP contribution in [0.2, 0.25) is 0 Å². The molecule has 1 radical (unpaired) electrons. The van der Waals surface area contributed by atoms with Crippen molar-refractivity contribution in [2.45, 2.75) is 13.0 Å². The van der Waals surface area contributed by atoms with Crippen LogP contribution >= 0.6 is 12.2 Å². The first-order valence-electron chi connectivity index (χ1n) is 3.09. The number of rotatable bonds is 4. The summed E-state index contributed by atoms with van der Waals surface area (Å²) >= 11 is 4.52. The number of hydrogen-bond acceptors (Lipinski definition) is 5. The van der Waals surface area contributed by atoms with Crippen LogP contribution in [0.5, 0.6) is 0 Å². The lowest BCUT2D eigenvalue weighted by atomic mass is 10.4. The van der Waals surface area contributed by atoms with Crippen molar-refractivity contribution in [2.24, 2.45) is 0 Å². The van der Waals surface area contributed by atoms with Gasteiger partial charge in [-0.2, -0.15) is 0 Å². The molecule has 59 valence electrons. The van der Waals surface area contributed by atoms with Crippen LogP contribution in [0.4, 0.5) is 0 Å². The molecular weight excluding hydrogens is 164 g/mol. The molecule has 0 aliphatic carbocycles. The maximum atomic E-state index is 8.57. The zero-order valence-corrected chi connectivity index (χ0v) is 6.58. The molecule has 0 saturated carbocycles. The molecule has 0 spiro atoms. The third-order valence-electron chi connectivity index (χ3n) is 1.15. The zero-order chi connectivity index (χ0) is 8.10. The van der Waals surface area contributed by atoms with Crippen molar-refractivity contribution >= 4 is 17.6 Å². The van der Waals surface area contributed by atoms with Crippen molar-refractivity contribution in [1.29, 1.82) is 0 Å². The van der Waals surface area contributed by atoms with Crippen molar-refractivity contribution in [2.75, 3.05) is 6.61 Å². The molecule has 1 N–H and O–H groups in total. The van der Waals surface area contributed by atoms with Crippen LogP contribution in [0.3, 0.4) is 0 Å². The highest BCUT2D eigenvalue weighted by molar-refractivity contribution is 7.78. The van der Waals surface area contributed by atoms with Crippen LogP contribution in [0.15, 0.2) is 0 Å². The molecule has 11 heavy (non-hydrogen) atoms. The fraction of sp³-hybridized carbons (Fsp3) is 0.600. The van der Waals surface area contributed by atoms with Gasteiger partial charge < -0.3 is 5.11 Å². The second kappa shape index (κ2) is 4.09. The van der Waals surface area contributed by atoms with Gasteiger partial charge in [-0.3, -0.25) is 0 Å². The van der Waals surface area contributed by atoms with Crippen molar-refractivity contribution in [1.82, 2.24) is 20.2 Å². The van der Waals surface area contributed by atoms with E-state index in [4.69, 9.17) is 5.11 Å². The SMILES string of the molecule is OCCn1nnnc1C[C]=S. The quantitative estimate of drug-likeness (QED) is 0.594. The molecule has 0 aliphatic rings. The standard InChI is InChI=1S/C5H7N4OS/c10-3-2-9-5(1-4-11)6-7-8-9/h10H,1-3H2. The summed E-state index contributed by atoms with van der Waals surface area (Å²) in [7, 11) is 0. The molecule has 0 unspecified atom stereocenters. The smallest absolute Gasteiger partial charge is 0.156 e. The predicted molar refractivity (Wildman–Crippen MR) is 41.2 cm³/mol. The molecule has 1 rings (SSSR count). The van der Waals surface area contributed by atoms with E-state index in [1.54, 1.807) is 0 Å². The molecule has 0 aliphatic heterocycles. The number of hydrogen-bond donors (Lipinski definition) is 1. The third kappa shape index (κ3) is 2.02. The highest BCUT2D eigenvalue weighted by atomic mass is 32.1. The fourth-order valence-corrected chi connectivity index (χ4v) is 0.812. The van der Waals surface area contributed by atoms with E-state index in [9.17, 15) is 0 Å². The Bertz CT molecular complexity index is 236. The molecule has 0 saturated heterocycles. The lowest BCUT2D eigenvalue weighted by molar-refractivity contribution is 0.266. The van der Waals surface area contributed by atoms with Crippen LogP contribution in [0.1, 0.15) is 5.82 Å². The van der Waals surface area contributed by atoms with E-state index >= 15 is 0 Å². The zero-order valence-electron chi connectivity index (χ0n) is 5.77. The number of aliphatic hydroxyl groups excluding tert-OH is 1. The van der Waals surface area contributed by atoms with Gasteiger partial charge in [0.05, 0.1) is 13.2 Å². The largest absolute Gasteiger partial charge is 0.394 e. The maximum absolute atomic E-state index is 8.57. The second-order valence-corrected chi connectivity index (χ2v) is 2.15. The monoisotopic (exact) mass is 171 g/mol. The van der Waals surface area contributed by atoms with E-state index in [0.29, 0.717) is 18.8 Å². The van der Waals surface area contributed by atoms with Gasteiger partial charge >= 0.3 is 0 Å². The summed E-state index contributed by atoms with van der Waals surface area (Å²) in [6.45, 7) is 0.425. The molecule has 0 aromatic carbocycles. The molecule has 5 nitrogen and oxygen atoms in total. The molecule has 1 heterocycles. The van der Waals surface area contributed by atoms with Gasteiger partial charge in [0.25, 0.3) is 0 Å². The molecule has 0 bridgehead atoms. The minimum Gasteiger partial charge on any atom is -0.394 e. The average Bonchev–Trinajstić information content (AvgIpc) is 2.39. The van der Waals surface area contributed by atoms with Crippen molar-refractivity contribution < 1.29 is 5.11 Å². The summed E-state index contributed by atoms with van der Waals surface area (Å²) in [4.78, 5) is 0. The Balaban J connectivity index is 2.69. The normalized spacial score (nSPS) is 9.91. The van der Waals surface area contributed by atoms with E-state index in [0.717, 1.165) is 0 Å². The Morgan fingerprint density at radius 3 is 3.09 bits per heavy atom. The molecule has 0 atom stereocenters.